The maximum Gasteiger partial charge on any atom is 0.416 e. The summed E-state index contributed by atoms with van der Waals surface area (Å²) in [4.78, 5) is 26.0. The molecular formula is C19H13ClF3NO2. The average molecular weight is 380 g/mol. The molecule has 0 N–H and O–H groups in total. The molecule has 0 aliphatic carbocycles. The van der Waals surface area contributed by atoms with Crippen LogP contribution in [0.15, 0.2) is 47.5 Å². The molecule has 0 saturated carbocycles. The highest BCUT2D eigenvalue weighted by Gasteiger charge is 2.40. The van der Waals surface area contributed by atoms with Crippen molar-refractivity contribution in [1.29, 1.82) is 0 Å². The summed E-state index contributed by atoms with van der Waals surface area (Å²) >= 11 is 6.09. The number of hydrogen-bond donors (Lipinski definition) is 0. The Balaban J connectivity index is 2.07. The number of aryl methyl sites for hydroxylation is 2. The average Bonchev–Trinajstić information content (AvgIpc) is 2.77. The van der Waals surface area contributed by atoms with Gasteiger partial charge in [-0.3, -0.25) is 9.59 Å². The molecule has 1 aliphatic rings. The Bertz CT molecular complexity index is 963. The fourth-order valence-corrected chi connectivity index (χ4v) is 3.15. The van der Waals surface area contributed by atoms with E-state index in [1.54, 1.807) is 19.1 Å². The van der Waals surface area contributed by atoms with Crippen LogP contribution in [0.4, 0.5) is 18.9 Å². The highest BCUT2D eigenvalue weighted by atomic mass is 35.5. The first kappa shape index (κ1) is 18.2. The lowest BCUT2D eigenvalue weighted by molar-refractivity contribution is -0.137. The molecular weight excluding hydrogens is 367 g/mol. The second-order valence-corrected chi connectivity index (χ2v) is 6.38. The first-order valence-electron chi connectivity index (χ1n) is 7.64. The van der Waals surface area contributed by atoms with Crippen LogP contribution in [0.2, 0.25) is 0 Å². The first-order chi connectivity index (χ1) is 12.1. The van der Waals surface area contributed by atoms with Crippen molar-refractivity contribution >= 4 is 34.7 Å². The Morgan fingerprint density at radius 1 is 0.962 bits per heavy atom. The van der Waals surface area contributed by atoms with E-state index in [0.29, 0.717) is 10.5 Å². The molecule has 1 heterocycles. The predicted octanol–water partition coefficient (Wildman–Crippen LogP) is 4.85. The second-order valence-electron chi connectivity index (χ2n) is 6.00. The Labute approximate surface area is 152 Å². The number of imide groups is 1. The summed E-state index contributed by atoms with van der Waals surface area (Å²) in [7, 11) is 0. The second kappa shape index (κ2) is 6.29. The van der Waals surface area contributed by atoms with Crippen molar-refractivity contribution in [2.45, 2.75) is 20.0 Å². The van der Waals surface area contributed by atoms with Gasteiger partial charge >= 0.3 is 6.18 Å². The molecule has 1 aliphatic heterocycles. The lowest BCUT2D eigenvalue weighted by atomic mass is 9.99. The molecule has 3 rings (SSSR count). The van der Waals surface area contributed by atoms with Crippen molar-refractivity contribution < 1.29 is 22.8 Å². The number of carbonyl (C=O) groups is 2. The summed E-state index contributed by atoms with van der Waals surface area (Å²) in [6, 6.07) is 9.30. The third-order valence-electron chi connectivity index (χ3n) is 4.11. The molecule has 0 aromatic heterocycles. The van der Waals surface area contributed by atoms with Crippen LogP contribution in [0.3, 0.4) is 0 Å². The number of benzene rings is 2. The lowest BCUT2D eigenvalue weighted by Gasteiger charge is -2.17. The van der Waals surface area contributed by atoms with Crippen LogP contribution < -0.4 is 4.90 Å². The van der Waals surface area contributed by atoms with Crippen LogP contribution >= 0.6 is 11.6 Å². The van der Waals surface area contributed by atoms with Gasteiger partial charge in [-0.1, -0.05) is 41.4 Å². The van der Waals surface area contributed by atoms with Crippen molar-refractivity contribution in [3.63, 3.8) is 0 Å². The summed E-state index contributed by atoms with van der Waals surface area (Å²) in [6.07, 6.45) is -4.59. The van der Waals surface area contributed by atoms with E-state index in [-0.39, 0.29) is 16.3 Å². The van der Waals surface area contributed by atoms with E-state index in [1.807, 2.05) is 13.0 Å². The van der Waals surface area contributed by atoms with Gasteiger partial charge in [-0.15, -0.1) is 0 Å². The molecule has 0 spiro atoms. The van der Waals surface area contributed by atoms with Crippen molar-refractivity contribution in [1.82, 2.24) is 0 Å². The third-order valence-corrected chi connectivity index (χ3v) is 4.46. The van der Waals surface area contributed by atoms with E-state index in [1.165, 1.54) is 6.07 Å². The summed E-state index contributed by atoms with van der Waals surface area (Å²) in [5, 5.41) is -0.306. The Morgan fingerprint density at radius 2 is 1.65 bits per heavy atom. The number of rotatable bonds is 2. The van der Waals surface area contributed by atoms with Crippen molar-refractivity contribution in [2.24, 2.45) is 0 Å². The molecule has 3 nitrogen and oxygen atoms in total. The minimum Gasteiger partial charge on any atom is -0.268 e. The van der Waals surface area contributed by atoms with Gasteiger partial charge < -0.3 is 0 Å². The predicted molar refractivity (Wildman–Crippen MR) is 92.6 cm³/mol. The Morgan fingerprint density at radius 3 is 2.27 bits per heavy atom. The summed E-state index contributed by atoms with van der Waals surface area (Å²) in [6.45, 7) is 3.65. The molecule has 0 saturated heterocycles. The van der Waals surface area contributed by atoms with Gasteiger partial charge in [0.25, 0.3) is 11.8 Å². The largest absolute Gasteiger partial charge is 0.416 e. The molecule has 0 bridgehead atoms. The molecule has 2 amide bonds. The fraction of sp³-hybridized carbons (Fsp3) is 0.158. The zero-order valence-corrected chi connectivity index (χ0v) is 14.6. The maximum absolute atomic E-state index is 12.9. The summed E-state index contributed by atoms with van der Waals surface area (Å²) < 4.78 is 38.8. The van der Waals surface area contributed by atoms with E-state index in [2.05, 4.69) is 0 Å². The van der Waals surface area contributed by atoms with E-state index >= 15 is 0 Å². The number of alkyl halides is 3. The summed E-state index contributed by atoms with van der Waals surface area (Å²) in [5.41, 5.74) is 1.05. The number of carbonyl (C=O) groups excluding carboxylic acids is 2. The monoisotopic (exact) mass is 379 g/mol. The molecule has 0 unspecified atom stereocenters. The van der Waals surface area contributed by atoms with Crippen LogP contribution in [0.25, 0.3) is 5.57 Å². The number of hydrogen-bond acceptors (Lipinski definition) is 2. The number of amides is 2. The normalized spacial score (nSPS) is 15.2. The third kappa shape index (κ3) is 3.01. The minimum atomic E-state index is -4.59. The van der Waals surface area contributed by atoms with Crippen LogP contribution in [-0.2, 0) is 15.8 Å². The maximum atomic E-state index is 12.9. The van der Waals surface area contributed by atoms with Crippen LogP contribution in [-0.4, -0.2) is 11.8 Å². The highest BCUT2D eigenvalue weighted by Crippen LogP contribution is 2.38. The van der Waals surface area contributed by atoms with Gasteiger partial charge in [0, 0.05) is 0 Å². The van der Waals surface area contributed by atoms with Gasteiger partial charge in [0.05, 0.1) is 16.8 Å². The SMILES string of the molecule is Cc1ccc(C2=C(Cl)C(=O)N(c3cccc(C(F)(F)F)c3)C2=O)c(C)c1. The lowest BCUT2D eigenvalue weighted by Crippen LogP contribution is -2.31. The standard InChI is InChI=1S/C19H13ClF3NO2/c1-10-6-7-14(11(2)8-10)15-16(20)18(26)24(17(15)25)13-5-3-4-12(9-13)19(21,22)23/h3-9H,1-2H3. The zero-order chi connectivity index (χ0) is 19.2. The van der Waals surface area contributed by atoms with Gasteiger partial charge in [0.1, 0.15) is 5.03 Å². The van der Waals surface area contributed by atoms with Gasteiger partial charge in [-0.2, -0.15) is 13.2 Å². The zero-order valence-electron chi connectivity index (χ0n) is 13.8. The van der Waals surface area contributed by atoms with E-state index in [4.69, 9.17) is 11.6 Å². The van der Waals surface area contributed by atoms with Gasteiger partial charge in [-0.05, 0) is 43.2 Å². The van der Waals surface area contributed by atoms with E-state index in [9.17, 15) is 22.8 Å². The first-order valence-corrected chi connectivity index (χ1v) is 8.02. The fourth-order valence-electron chi connectivity index (χ4n) is 2.89. The van der Waals surface area contributed by atoms with Gasteiger partial charge in [-0.25, -0.2) is 4.90 Å². The van der Waals surface area contributed by atoms with Crippen LogP contribution in [0.1, 0.15) is 22.3 Å². The van der Waals surface area contributed by atoms with Crippen molar-refractivity contribution in [3.05, 3.63) is 69.8 Å². The van der Waals surface area contributed by atoms with Gasteiger partial charge in [0.2, 0.25) is 0 Å². The molecule has 0 atom stereocenters. The Hall–Kier alpha value is -2.60. The molecule has 7 heteroatoms. The minimum absolute atomic E-state index is 0.00780. The Kier molecular flexibility index (Phi) is 4.40. The van der Waals surface area contributed by atoms with Crippen molar-refractivity contribution in [3.8, 4) is 0 Å². The molecule has 134 valence electrons. The number of halogens is 4. The molecule has 26 heavy (non-hydrogen) atoms. The topological polar surface area (TPSA) is 37.4 Å². The molecule has 0 fully saturated rings. The van der Waals surface area contributed by atoms with E-state index in [0.717, 1.165) is 29.3 Å². The highest BCUT2D eigenvalue weighted by molar-refractivity contribution is 6.60. The van der Waals surface area contributed by atoms with Gasteiger partial charge in [0.15, 0.2) is 0 Å². The van der Waals surface area contributed by atoms with Crippen LogP contribution in [0, 0.1) is 13.8 Å². The summed E-state index contributed by atoms with van der Waals surface area (Å²) in [5.74, 6) is -1.59. The smallest absolute Gasteiger partial charge is 0.268 e. The molecule has 2 aromatic carbocycles. The molecule has 0 radical (unpaired) electrons. The number of nitrogens with zero attached hydrogens (tertiary/aromatic N) is 1. The molecule has 2 aromatic rings. The van der Waals surface area contributed by atoms with E-state index < -0.39 is 23.6 Å². The van der Waals surface area contributed by atoms with Crippen LogP contribution in [0.5, 0.6) is 0 Å². The number of anilines is 1. The van der Waals surface area contributed by atoms with Crippen molar-refractivity contribution in [2.75, 3.05) is 4.90 Å². The quantitative estimate of drug-likeness (QED) is 0.700.